The minimum absolute atomic E-state index is 0.362. The summed E-state index contributed by atoms with van der Waals surface area (Å²) >= 11 is 0. The second-order valence-corrected chi connectivity index (χ2v) is 1.96. The van der Waals surface area contributed by atoms with Crippen molar-refractivity contribution in [3.05, 3.63) is 0 Å². The number of carboxylic acids is 1. The normalized spacial score (nSPS) is 25.0. The predicted molar refractivity (Wildman–Crippen MR) is 32.5 cm³/mol. The number of hydrogen-bond acceptors (Lipinski definition) is 3. The van der Waals surface area contributed by atoms with Gasteiger partial charge in [-0.1, -0.05) is 0 Å². The van der Waals surface area contributed by atoms with E-state index in [-0.39, 0.29) is 0 Å². The van der Waals surface area contributed by atoms with Crippen LogP contribution in [0.3, 0.4) is 0 Å². The van der Waals surface area contributed by atoms with Gasteiger partial charge in [0.05, 0.1) is 12.4 Å². The fourth-order valence-corrected chi connectivity index (χ4v) is 0.711. The van der Waals surface area contributed by atoms with Crippen molar-refractivity contribution in [2.45, 2.75) is 13.0 Å². The third kappa shape index (κ3) is 1.19. The van der Waals surface area contributed by atoms with E-state index in [9.17, 15) is 4.79 Å². The molecule has 1 rings (SSSR count). The van der Waals surface area contributed by atoms with Crippen LogP contribution in [0, 0.1) is 0 Å². The first kappa shape index (κ1) is 6.07. The summed E-state index contributed by atoms with van der Waals surface area (Å²) in [5.41, 5.74) is 0. The Bertz CT molecular complexity index is 164. The topological polar surface area (TPSA) is 61.7 Å². The average molecular weight is 128 g/mol. The largest absolute Gasteiger partial charge is 0.480 e. The van der Waals surface area contributed by atoms with Gasteiger partial charge in [0.25, 0.3) is 0 Å². The van der Waals surface area contributed by atoms with Crippen LogP contribution in [0.2, 0.25) is 0 Å². The highest BCUT2D eigenvalue weighted by Gasteiger charge is 2.20. The predicted octanol–water partition coefficient (Wildman–Crippen LogP) is -0.539. The van der Waals surface area contributed by atoms with Gasteiger partial charge < -0.3 is 10.4 Å². The molecule has 1 aliphatic rings. The van der Waals surface area contributed by atoms with Crippen molar-refractivity contribution in [1.82, 2.24) is 5.32 Å². The van der Waals surface area contributed by atoms with Gasteiger partial charge in [0.2, 0.25) is 0 Å². The molecule has 9 heavy (non-hydrogen) atoms. The van der Waals surface area contributed by atoms with Crippen molar-refractivity contribution in [3.63, 3.8) is 0 Å². The fraction of sp³-hybridized carbons (Fsp3) is 0.600. The van der Waals surface area contributed by atoms with Gasteiger partial charge in [-0.2, -0.15) is 0 Å². The Morgan fingerprint density at radius 3 is 2.89 bits per heavy atom. The SMILES string of the molecule is CC1=NC[C@@H](C(=O)O)N1. The zero-order valence-electron chi connectivity index (χ0n) is 5.09. The van der Waals surface area contributed by atoms with E-state index in [0.717, 1.165) is 0 Å². The highest BCUT2D eigenvalue weighted by atomic mass is 16.4. The van der Waals surface area contributed by atoms with Crippen molar-refractivity contribution < 1.29 is 9.90 Å². The maximum absolute atomic E-state index is 10.2. The summed E-state index contributed by atoms with van der Waals surface area (Å²) in [5, 5.41) is 11.1. The number of nitrogens with zero attached hydrogens (tertiary/aromatic N) is 1. The van der Waals surface area contributed by atoms with E-state index in [1.54, 1.807) is 6.92 Å². The number of carboxylic acid groups (broad SMARTS) is 1. The summed E-state index contributed by atoms with van der Waals surface area (Å²) < 4.78 is 0. The van der Waals surface area contributed by atoms with Gasteiger partial charge in [0, 0.05) is 0 Å². The van der Waals surface area contributed by atoms with Gasteiger partial charge in [0.15, 0.2) is 0 Å². The first-order valence-electron chi connectivity index (χ1n) is 2.70. The lowest BCUT2D eigenvalue weighted by molar-refractivity contribution is -0.138. The molecular formula is C5H8N2O2. The number of rotatable bonds is 1. The van der Waals surface area contributed by atoms with E-state index in [1.165, 1.54) is 0 Å². The van der Waals surface area contributed by atoms with E-state index in [2.05, 4.69) is 10.3 Å². The van der Waals surface area contributed by atoms with E-state index < -0.39 is 12.0 Å². The van der Waals surface area contributed by atoms with Crippen LogP contribution in [-0.4, -0.2) is 29.5 Å². The molecule has 0 aromatic rings. The minimum atomic E-state index is -0.837. The van der Waals surface area contributed by atoms with Gasteiger partial charge in [-0.05, 0) is 6.92 Å². The molecular weight excluding hydrogens is 120 g/mol. The first-order valence-corrected chi connectivity index (χ1v) is 2.70. The monoisotopic (exact) mass is 128 g/mol. The summed E-state index contributed by atoms with van der Waals surface area (Å²) in [6.07, 6.45) is 0. The van der Waals surface area contributed by atoms with E-state index in [4.69, 9.17) is 5.11 Å². The van der Waals surface area contributed by atoms with E-state index in [0.29, 0.717) is 12.4 Å². The Kier molecular flexibility index (Phi) is 1.38. The average Bonchev–Trinajstić information content (AvgIpc) is 2.14. The second kappa shape index (κ2) is 2.05. The molecule has 0 radical (unpaired) electrons. The van der Waals surface area contributed by atoms with Crippen LogP contribution in [0.15, 0.2) is 4.99 Å². The lowest BCUT2D eigenvalue weighted by Crippen LogP contribution is -2.35. The molecule has 4 nitrogen and oxygen atoms in total. The van der Waals surface area contributed by atoms with Crippen LogP contribution in [0.5, 0.6) is 0 Å². The maximum atomic E-state index is 10.2. The summed E-state index contributed by atoms with van der Waals surface area (Å²) in [5.74, 6) is -0.127. The van der Waals surface area contributed by atoms with Gasteiger partial charge in [-0.25, -0.2) is 4.79 Å². The molecule has 0 aliphatic carbocycles. The van der Waals surface area contributed by atoms with Crippen LogP contribution < -0.4 is 5.32 Å². The zero-order chi connectivity index (χ0) is 6.85. The third-order valence-electron chi connectivity index (χ3n) is 1.19. The molecule has 0 spiro atoms. The Labute approximate surface area is 52.6 Å². The van der Waals surface area contributed by atoms with Crippen LogP contribution >= 0.6 is 0 Å². The quantitative estimate of drug-likeness (QED) is 0.498. The first-order chi connectivity index (χ1) is 4.20. The molecule has 0 fully saturated rings. The van der Waals surface area contributed by atoms with Gasteiger partial charge >= 0.3 is 5.97 Å². The lowest BCUT2D eigenvalue weighted by Gasteiger charge is -2.01. The molecule has 0 bridgehead atoms. The Balaban J connectivity index is 2.47. The molecule has 0 aromatic carbocycles. The third-order valence-corrected chi connectivity index (χ3v) is 1.19. The highest BCUT2D eigenvalue weighted by Crippen LogP contribution is 1.94. The molecule has 0 amide bonds. The molecule has 2 N–H and O–H groups in total. The molecule has 4 heteroatoms. The number of hydrogen-bond donors (Lipinski definition) is 2. The number of nitrogens with one attached hydrogen (secondary N) is 1. The fourth-order valence-electron chi connectivity index (χ4n) is 0.711. The molecule has 1 atom stereocenters. The molecule has 1 aliphatic heterocycles. The lowest BCUT2D eigenvalue weighted by atomic mass is 10.3. The summed E-state index contributed by atoms with van der Waals surface area (Å²) in [6, 6.07) is -0.495. The smallest absolute Gasteiger partial charge is 0.328 e. The van der Waals surface area contributed by atoms with Crippen molar-refractivity contribution >= 4 is 11.8 Å². The summed E-state index contributed by atoms with van der Waals surface area (Å²) in [7, 11) is 0. The molecule has 1 heterocycles. The summed E-state index contributed by atoms with van der Waals surface area (Å²) in [4.78, 5) is 14.1. The Hall–Kier alpha value is -1.06. The van der Waals surface area contributed by atoms with Crippen LogP contribution in [0.25, 0.3) is 0 Å². The molecule has 0 unspecified atom stereocenters. The van der Waals surface area contributed by atoms with Crippen molar-refractivity contribution in [3.8, 4) is 0 Å². The van der Waals surface area contributed by atoms with E-state index >= 15 is 0 Å². The van der Waals surface area contributed by atoms with Gasteiger partial charge in [-0.15, -0.1) is 0 Å². The van der Waals surface area contributed by atoms with E-state index in [1.807, 2.05) is 0 Å². The standard InChI is InChI=1S/C5H8N2O2/c1-3-6-2-4(7-3)5(8)9/h4H,2H2,1H3,(H,6,7)(H,8,9)/t4-/m0/s1. The molecule has 0 aromatic heterocycles. The Morgan fingerprint density at radius 2 is 2.67 bits per heavy atom. The molecule has 50 valence electrons. The molecule has 0 saturated carbocycles. The van der Waals surface area contributed by atoms with Crippen molar-refractivity contribution in [2.75, 3.05) is 6.54 Å². The number of aliphatic carboxylic acids is 1. The number of carbonyl (C=O) groups is 1. The highest BCUT2D eigenvalue weighted by molar-refractivity contribution is 5.88. The number of amidine groups is 1. The van der Waals surface area contributed by atoms with Gasteiger partial charge in [0.1, 0.15) is 6.04 Å². The van der Waals surface area contributed by atoms with Crippen LogP contribution in [0.1, 0.15) is 6.92 Å². The van der Waals surface area contributed by atoms with Crippen LogP contribution in [-0.2, 0) is 4.79 Å². The van der Waals surface area contributed by atoms with Gasteiger partial charge in [-0.3, -0.25) is 4.99 Å². The zero-order valence-corrected chi connectivity index (χ0v) is 5.09. The van der Waals surface area contributed by atoms with Crippen LogP contribution in [0.4, 0.5) is 0 Å². The van der Waals surface area contributed by atoms with Crippen molar-refractivity contribution in [2.24, 2.45) is 4.99 Å². The number of aliphatic imine (C=N–C) groups is 1. The Morgan fingerprint density at radius 1 is 2.00 bits per heavy atom. The summed E-state index contributed by atoms with van der Waals surface area (Å²) in [6.45, 7) is 2.12. The minimum Gasteiger partial charge on any atom is -0.480 e. The van der Waals surface area contributed by atoms with Crippen molar-refractivity contribution in [1.29, 1.82) is 0 Å². The molecule has 0 saturated heterocycles. The second-order valence-electron chi connectivity index (χ2n) is 1.96. The maximum Gasteiger partial charge on any atom is 0.328 e.